The maximum absolute atomic E-state index is 11.7. The Morgan fingerprint density at radius 3 is 2.53 bits per heavy atom. The van der Waals surface area contributed by atoms with Crippen LogP contribution < -0.4 is 10.6 Å². The zero-order chi connectivity index (χ0) is 14.1. The summed E-state index contributed by atoms with van der Waals surface area (Å²) >= 11 is 0. The van der Waals surface area contributed by atoms with Crippen molar-refractivity contribution in [3.8, 4) is 0 Å². The first-order valence-corrected chi connectivity index (χ1v) is 6.98. The van der Waals surface area contributed by atoms with E-state index in [1.165, 1.54) is 0 Å². The molecular weight excluding hydrogens is 248 g/mol. The van der Waals surface area contributed by atoms with Crippen LogP contribution in [0.15, 0.2) is 0 Å². The van der Waals surface area contributed by atoms with Gasteiger partial charge in [-0.3, -0.25) is 0 Å². The normalized spacial score (nSPS) is 17.7. The summed E-state index contributed by atoms with van der Waals surface area (Å²) in [5.74, 6) is -0.934. The molecule has 1 saturated carbocycles. The van der Waals surface area contributed by atoms with Crippen LogP contribution in [0.1, 0.15) is 45.4 Å². The van der Waals surface area contributed by atoms with Crippen molar-refractivity contribution in [3.63, 3.8) is 0 Å². The number of amides is 2. The average molecular weight is 272 g/mol. The van der Waals surface area contributed by atoms with Gasteiger partial charge < -0.3 is 20.5 Å². The molecule has 0 bridgehead atoms. The zero-order valence-corrected chi connectivity index (χ0v) is 11.5. The molecule has 0 aromatic heterocycles. The average Bonchev–Trinajstić information content (AvgIpc) is 2.39. The lowest BCUT2D eigenvalue weighted by atomic mass is 9.82. The van der Waals surface area contributed by atoms with Crippen LogP contribution in [0.2, 0.25) is 0 Å². The second-order valence-electron chi connectivity index (χ2n) is 4.88. The summed E-state index contributed by atoms with van der Waals surface area (Å²) in [6, 6.07) is -0.402. The predicted octanol–water partition coefficient (Wildman–Crippen LogP) is 1.50. The first kappa shape index (κ1) is 15.8. The van der Waals surface area contributed by atoms with Gasteiger partial charge in [0.25, 0.3) is 0 Å². The van der Waals surface area contributed by atoms with Crippen LogP contribution in [0.4, 0.5) is 4.79 Å². The fourth-order valence-corrected chi connectivity index (χ4v) is 2.33. The SMILES string of the molecule is CCOCCCNC(=O)NC1(C(=O)O)CCCCC1. The highest BCUT2D eigenvalue weighted by atomic mass is 16.5. The van der Waals surface area contributed by atoms with E-state index in [1.807, 2.05) is 6.92 Å². The summed E-state index contributed by atoms with van der Waals surface area (Å²) in [6.45, 7) is 3.66. The maximum Gasteiger partial charge on any atom is 0.329 e. The van der Waals surface area contributed by atoms with Crippen molar-refractivity contribution in [2.75, 3.05) is 19.8 Å². The zero-order valence-electron chi connectivity index (χ0n) is 11.5. The monoisotopic (exact) mass is 272 g/mol. The summed E-state index contributed by atoms with van der Waals surface area (Å²) in [6.07, 6.45) is 4.46. The number of nitrogens with one attached hydrogen (secondary N) is 2. The van der Waals surface area contributed by atoms with E-state index in [0.29, 0.717) is 32.6 Å². The van der Waals surface area contributed by atoms with Crippen LogP contribution in [0.25, 0.3) is 0 Å². The van der Waals surface area contributed by atoms with Crippen LogP contribution in [0.3, 0.4) is 0 Å². The number of urea groups is 1. The Morgan fingerprint density at radius 1 is 1.26 bits per heavy atom. The lowest BCUT2D eigenvalue weighted by molar-refractivity contribution is -0.145. The highest BCUT2D eigenvalue weighted by Crippen LogP contribution is 2.28. The quantitative estimate of drug-likeness (QED) is 0.613. The standard InChI is InChI=1S/C13H24N2O4/c1-2-19-10-6-9-14-12(18)15-13(11(16)17)7-4-3-5-8-13/h2-10H2,1H3,(H,16,17)(H2,14,15,18). The molecule has 1 fully saturated rings. The van der Waals surface area contributed by atoms with Crippen LogP contribution in [0, 0.1) is 0 Å². The molecule has 6 heteroatoms. The number of carbonyl (C=O) groups excluding carboxylic acids is 1. The minimum atomic E-state index is -1.08. The molecule has 0 radical (unpaired) electrons. The molecule has 0 heterocycles. The lowest BCUT2D eigenvalue weighted by Gasteiger charge is -2.33. The van der Waals surface area contributed by atoms with Crippen molar-refractivity contribution >= 4 is 12.0 Å². The first-order valence-electron chi connectivity index (χ1n) is 6.98. The molecule has 6 nitrogen and oxygen atoms in total. The third-order valence-electron chi connectivity index (χ3n) is 3.42. The van der Waals surface area contributed by atoms with Gasteiger partial charge in [-0.1, -0.05) is 19.3 Å². The van der Waals surface area contributed by atoms with Crippen LogP contribution in [0.5, 0.6) is 0 Å². The van der Waals surface area contributed by atoms with Gasteiger partial charge in [0.1, 0.15) is 5.54 Å². The van der Waals surface area contributed by atoms with E-state index >= 15 is 0 Å². The minimum absolute atomic E-state index is 0.402. The molecule has 1 aliphatic rings. The number of hydrogen-bond donors (Lipinski definition) is 3. The number of rotatable bonds is 7. The van der Waals surface area contributed by atoms with Crippen molar-refractivity contribution in [1.29, 1.82) is 0 Å². The molecule has 2 amide bonds. The molecule has 1 aliphatic carbocycles. The van der Waals surface area contributed by atoms with Crippen molar-refractivity contribution < 1.29 is 19.4 Å². The highest BCUT2D eigenvalue weighted by molar-refractivity contribution is 5.86. The van der Waals surface area contributed by atoms with Gasteiger partial charge >= 0.3 is 12.0 Å². The fraction of sp³-hybridized carbons (Fsp3) is 0.846. The molecule has 3 N–H and O–H groups in total. The highest BCUT2D eigenvalue weighted by Gasteiger charge is 2.40. The number of carboxylic acid groups (broad SMARTS) is 1. The van der Waals surface area contributed by atoms with E-state index in [0.717, 1.165) is 25.7 Å². The van der Waals surface area contributed by atoms with E-state index in [2.05, 4.69) is 10.6 Å². The Balaban J connectivity index is 2.33. The fourth-order valence-electron chi connectivity index (χ4n) is 2.33. The summed E-state index contributed by atoms with van der Waals surface area (Å²) in [7, 11) is 0. The summed E-state index contributed by atoms with van der Waals surface area (Å²) < 4.78 is 5.16. The van der Waals surface area contributed by atoms with Gasteiger partial charge in [-0.25, -0.2) is 9.59 Å². The van der Waals surface area contributed by atoms with Gasteiger partial charge in [-0.15, -0.1) is 0 Å². The summed E-state index contributed by atoms with van der Waals surface area (Å²) in [5.41, 5.74) is -1.08. The Kier molecular flexibility index (Phi) is 6.62. The van der Waals surface area contributed by atoms with Gasteiger partial charge in [-0.05, 0) is 26.2 Å². The number of carboxylic acids is 1. The van der Waals surface area contributed by atoms with Crippen LogP contribution in [-0.4, -0.2) is 42.4 Å². The van der Waals surface area contributed by atoms with Gasteiger partial charge in [0.2, 0.25) is 0 Å². The molecular formula is C13H24N2O4. The Hall–Kier alpha value is -1.30. The van der Waals surface area contributed by atoms with Crippen molar-refractivity contribution in [3.05, 3.63) is 0 Å². The molecule has 1 rings (SSSR count). The third-order valence-corrected chi connectivity index (χ3v) is 3.42. The van der Waals surface area contributed by atoms with Crippen molar-refractivity contribution in [2.24, 2.45) is 0 Å². The molecule has 0 aromatic rings. The number of hydrogen-bond acceptors (Lipinski definition) is 3. The van der Waals surface area contributed by atoms with Gasteiger partial charge in [-0.2, -0.15) is 0 Å². The third kappa shape index (κ3) is 5.06. The number of aliphatic carboxylic acids is 1. The van der Waals surface area contributed by atoms with Crippen molar-refractivity contribution in [1.82, 2.24) is 10.6 Å². The first-order chi connectivity index (χ1) is 9.10. The Bertz CT molecular complexity index is 301. The molecule has 0 aliphatic heterocycles. The van der Waals surface area contributed by atoms with E-state index in [1.54, 1.807) is 0 Å². The topological polar surface area (TPSA) is 87.7 Å². The second kappa shape index (κ2) is 7.99. The van der Waals surface area contributed by atoms with E-state index in [9.17, 15) is 14.7 Å². The van der Waals surface area contributed by atoms with Gasteiger partial charge in [0.05, 0.1) is 0 Å². The summed E-state index contributed by atoms with van der Waals surface area (Å²) in [5, 5.41) is 14.6. The molecule has 0 spiro atoms. The molecule has 0 aromatic carbocycles. The molecule has 0 atom stereocenters. The lowest BCUT2D eigenvalue weighted by Crippen LogP contribution is -2.58. The minimum Gasteiger partial charge on any atom is -0.480 e. The predicted molar refractivity (Wildman–Crippen MR) is 71.1 cm³/mol. The number of carbonyl (C=O) groups is 2. The number of ether oxygens (including phenoxy) is 1. The molecule has 0 unspecified atom stereocenters. The maximum atomic E-state index is 11.7. The van der Waals surface area contributed by atoms with Gasteiger partial charge in [0, 0.05) is 19.8 Å². The van der Waals surface area contributed by atoms with Crippen molar-refractivity contribution in [2.45, 2.75) is 51.0 Å². The Morgan fingerprint density at radius 2 is 1.95 bits per heavy atom. The van der Waals surface area contributed by atoms with Gasteiger partial charge in [0.15, 0.2) is 0 Å². The van der Waals surface area contributed by atoms with Crippen LogP contribution in [-0.2, 0) is 9.53 Å². The van der Waals surface area contributed by atoms with Crippen LogP contribution >= 0.6 is 0 Å². The molecule has 19 heavy (non-hydrogen) atoms. The largest absolute Gasteiger partial charge is 0.480 e. The van der Waals surface area contributed by atoms with E-state index in [-0.39, 0.29) is 0 Å². The van der Waals surface area contributed by atoms with E-state index in [4.69, 9.17) is 4.74 Å². The molecule has 110 valence electrons. The van der Waals surface area contributed by atoms with E-state index < -0.39 is 17.5 Å². The molecule has 0 saturated heterocycles. The smallest absolute Gasteiger partial charge is 0.329 e. The Labute approximate surface area is 113 Å². The summed E-state index contributed by atoms with van der Waals surface area (Å²) in [4.78, 5) is 23.1. The second-order valence-corrected chi connectivity index (χ2v) is 4.88.